The number of aromatic nitrogens is 1. The molecule has 0 fully saturated rings. The van der Waals surface area contributed by atoms with Gasteiger partial charge in [-0.1, -0.05) is 11.3 Å². The Morgan fingerprint density at radius 1 is 1.50 bits per heavy atom. The molecular weight excluding hydrogens is 256 g/mol. The highest BCUT2D eigenvalue weighted by Gasteiger charge is 2.21. The van der Waals surface area contributed by atoms with Gasteiger partial charge in [0.1, 0.15) is 4.88 Å². The van der Waals surface area contributed by atoms with Crippen molar-refractivity contribution in [1.29, 1.82) is 0 Å². The van der Waals surface area contributed by atoms with E-state index < -0.39 is 5.97 Å². The molecule has 7 heteroatoms. The Bertz CT molecular complexity index is 413. The smallest absolute Gasteiger partial charge is 0.356 e. The predicted octanol–water partition coefficient (Wildman–Crippen LogP) is 1.52. The van der Waals surface area contributed by atoms with Crippen LogP contribution in [0.25, 0.3) is 0 Å². The van der Waals surface area contributed by atoms with Gasteiger partial charge in [0.15, 0.2) is 16.6 Å². The second-order valence-corrected chi connectivity index (χ2v) is 4.78. The predicted molar refractivity (Wildman–Crippen MR) is 68.8 cm³/mol. The zero-order chi connectivity index (χ0) is 13.7. The molecule has 0 spiro atoms. The lowest BCUT2D eigenvalue weighted by Gasteiger charge is -2.14. The van der Waals surface area contributed by atoms with Gasteiger partial charge < -0.3 is 14.7 Å². The number of carbonyl (C=O) groups is 2. The van der Waals surface area contributed by atoms with E-state index in [1.165, 1.54) is 6.92 Å². The summed E-state index contributed by atoms with van der Waals surface area (Å²) in [5, 5.41) is 9.51. The topological polar surface area (TPSA) is 79.7 Å². The van der Waals surface area contributed by atoms with Crippen LogP contribution in [0.3, 0.4) is 0 Å². The Balaban J connectivity index is 2.87. The maximum absolute atomic E-state index is 11.3. The minimum atomic E-state index is -1.17. The Morgan fingerprint density at radius 2 is 2.17 bits per heavy atom. The number of ketones is 1. The summed E-state index contributed by atoms with van der Waals surface area (Å²) in [5.41, 5.74) is -0.166. The molecule has 0 bridgehead atoms. The maximum atomic E-state index is 11.3. The first kappa shape index (κ1) is 14.6. The summed E-state index contributed by atoms with van der Waals surface area (Å²) in [4.78, 5) is 28.3. The molecule has 1 aromatic heterocycles. The largest absolute Gasteiger partial charge is 0.476 e. The Morgan fingerprint density at radius 3 is 2.61 bits per heavy atom. The minimum absolute atomic E-state index is 0.166. The molecular formula is C11H16N2O4S. The van der Waals surface area contributed by atoms with Crippen molar-refractivity contribution in [2.75, 3.05) is 32.2 Å². The molecule has 0 aliphatic carbocycles. The summed E-state index contributed by atoms with van der Waals surface area (Å²) in [6.45, 7) is 2.66. The number of anilines is 1. The lowest BCUT2D eigenvalue weighted by molar-refractivity contribution is 0.0687. The average molecular weight is 272 g/mol. The highest BCUT2D eigenvalue weighted by molar-refractivity contribution is 7.17. The van der Waals surface area contributed by atoms with Crippen LogP contribution >= 0.6 is 11.3 Å². The van der Waals surface area contributed by atoms with Gasteiger partial charge in [-0.3, -0.25) is 4.79 Å². The van der Waals surface area contributed by atoms with Crippen LogP contribution in [0, 0.1) is 0 Å². The minimum Gasteiger partial charge on any atom is -0.476 e. The Kier molecular flexibility index (Phi) is 5.24. The molecule has 6 nitrogen and oxygen atoms in total. The molecule has 1 N–H and O–H groups in total. The molecule has 0 radical (unpaired) electrons. The quantitative estimate of drug-likeness (QED) is 0.599. The van der Waals surface area contributed by atoms with Gasteiger partial charge in [-0.15, -0.1) is 0 Å². The van der Waals surface area contributed by atoms with Crippen molar-refractivity contribution in [3.8, 4) is 0 Å². The number of rotatable bonds is 7. The summed E-state index contributed by atoms with van der Waals surface area (Å²) in [6.07, 6.45) is 0.810. The number of nitrogens with zero attached hydrogens (tertiary/aromatic N) is 2. The number of carbonyl (C=O) groups excluding carboxylic acids is 1. The Hall–Kier alpha value is -1.47. The van der Waals surface area contributed by atoms with Crippen molar-refractivity contribution < 1.29 is 19.4 Å². The van der Waals surface area contributed by atoms with E-state index in [2.05, 4.69) is 4.98 Å². The molecule has 0 saturated heterocycles. The fraction of sp³-hybridized carbons (Fsp3) is 0.545. The summed E-state index contributed by atoms with van der Waals surface area (Å²) in [7, 11) is 3.43. The summed E-state index contributed by atoms with van der Waals surface area (Å²) < 4.78 is 4.94. The van der Waals surface area contributed by atoms with Gasteiger partial charge >= 0.3 is 5.97 Å². The van der Waals surface area contributed by atoms with Crippen molar-refractivity contribution >= 4 is 28.2 Å². The van der Waals surface area contributed by atoms with E-state index in [1.54, 1.807) is 7.11 Å². The molecule has 1 rings (SSSR count). The second-order valence-electron chi connectivity index (χ2n) is 3.80. The highest BCUT2D eigenvalue weighted by atomic mass is 32.1. The number of ether oxygens (including phenoxy) is 1. The molecule has 0 atom stereocenters. The molecule has 100 valence electrons. The van der Waals surface area contributed by atoms with Crippen molar-refractivity contribution in [3.05, 3.63) is 10.6 Å². The molecule has 0 saturated carbocycles. The number of hydrogen-bond donors (Lipinski definition) is 1. The third kappa shape index (κ3) is 3.51. The molecule has 18 heavy (non-hydrogen) atoms. The number of carboxylic acids is 1. The first-order valence-corrected chi connectivity index (χ1v) is 6.24. The van der Waals surface area contributed by atoms with Gasteiger partial charge in [0, 0.05) is 34.2 Å². The molecule has 0 amide bonds. The van der Waals surface area contributed by atoms with Crippen molar-refractivity contribution in [1.82, 2.24) is 4.98 Å². The first-order chi connectivity index (χ1) is 8.47. The fourth-order valence-electron chi connectivity index (χ4n) is 1.40. The maximum Gasteiger partial charge on any atom is 0.356 e. The van der Waals surface area contributed by atoms with Gasteiger partial charge in [-0.25, -0.2) is 9.78 Å². The zero-order valence-corrected chi connectivity index (χ0v) is 11.4. The summed E-state index contributed by atoms with van der Waals surface area (Å²) in [5.74, 6) is -1.45. The third-order valence-electron chi connectivity index (χ3n) is 2.31. The van der Waals surface area contributed by atoms with E-state index in [0.717, 1.165) is 17.8 Å². The van der Waals surface area contributed by atoms with Crippen molar-refractivity contribution in [2.45, 2.75) is 13.3 Å². The molecule has 0 aromatic carbocycles. The van der Waals surface area contributed by atoms with Gasteiger partial charge in [0.2, 0.25) is 0 Å². The molecule has 1 aromatic rings. The average Bonchev–Trinajstić information content (AvgIpc) is 2.74. The van der Waals surface area contributed by atoms with E-state index >= 15 is 0 Å². The number of hydrogen-bond acceptors (Lipinski definition) is 6. The van der Waals surface area contributed by atoms with Gasteiger partial charge in [0.25, 0.3) is 0 Å². The number of methoxy groups -OCH3 is 1. The third-order valence-corrected chi connectivity index (χ3v) is 3.58. The van der Waals surface area contributed by atoms with Crippen LogP contribution in [-0.2, 0) is 4.74 Å². The molecule has 0 aliphatic heterocycles. The van der Waals surface area contributed by atoms with Crippen LogP contribution in [0.4, 0.5) is 5.13 Å². The zero-order valence-electron chi connectivity index (χ0n) is 10.6. The monoisotopic (exact) mass is 272 g/mol. The van der Waals surface area contributed by atoms with Gasteiger partial charge in [-0.05, 0) is 6.42 Å². The van der Waals surface area contributed by atoms with Crippen LogP contribution in [0.2, 0.25) is 0 Å². The summed E-state index contributed by atoms with van der Waals surface area (Å²) >= 11 is 1.11. The van der Waals surface area contributed by atoms with E-state index in [-0.39, 0.29) is 16.4 Å². The van der Waals surface area contributed by atoms with Crippen LogP contribution in [0.15, 0.2) is 0 Å². The van der Waals surface area contributed by atoms with Gasteiger partial charge in [-0.2, -0.15) is 0 Å². The first-order valence-electron chi connectivity index (χ1n) is 5.42. The van der Waals surface area contributed by atoms with E-state index in [9.17, 15) is 9.59 Å². The number of aromatic carboxylic acids is 1. The van der Waals surface area contributed by atoms with E-state index in [0.29, 0.717) is 18.3 Å². The normalized spacial score (nSPS) is 10.4. The molecule has 0 unspecified atom stereocenters. The number of carboxylic acid groups (broad SMARTS) is 1. The van der Waals surface area contributed by atoms with E-state index in [4.69, 9.17) is 9.84 Å². The van der Waals surface area contributed by atoms with Crippen LogP contribution in [0.1, 0.15) is 33.5 Å². The molecule has 0 aliphatic rings. The lowest BCUT2D eigenvalue weighted by atomic mass is 10.3. The SMILES string of the molecule is COCCCN(C)c1nc(C(=O)O)c(C(C)=O)s1. The molecule has 1 heterocycles. The Labute approximate surface area is 109 Å². The summed E-state index contributed by atoms with van der Waals surface area (Å²) in [6, 6.07) is 0. The highest BCUT2D eigenvalue weighted by Crippen LogP contribution is 2.26. The van der Waals surface area contributed by atoms with Crippen LogP contribution < -0.4 is 4.90 Å². The van der Waals surface area contributed by atoms with Crippen molar-refractivity contribution in [2.24, 2.45) is 0 Å². The number of Topliss-reactive ketones (excluding diaryl/α,β-unsaturated/α-hetero) is 1. The van der Waals surface area contributed by atoms with E-state index in [1.807, 2.05) is 11.9 Å². The second kappa shape index (κ2) is 6.46. The standard InChI is InChI=1S/C11H16N2O4S/c1-7(14)9-8(10(15)16)12-11(18-9)13(2)5-4-6-17-3/h4-6H2,1-3H3,(H,15,16). The fourth-order valence-corrected chi connectivity index (χ4v) is 2.34. The van der Waals surface area contributed by atoms with Crippen LogP contribution in [0.5, 0.6) is 0 Å². The van der Waals surface area contributed by atoms with Gasteiger partial charge in [0.05, 0.1) is 0 Å². The lowest BCUT2D eigenvalue weighted by Crippen LogP contribution is -2.19. The number of thiazole rings is 1. The van der Waals surface area contributed by atoms with Crippen LogP contribution in [-0.4, -0.2) is 49.2 Å². The van der Waals surface area contributed by atoms with Crippen molar-refractivity contribution in [3.63, 3.8) is 0 Å².